The fourth-order valence-electron chi connectivity index (χ4n) is 4.72. The number of fused-ring (bicyclic) bond motifs is 6. The van der Waals surface area contributed by atoms with Crippen LogP contribution in [0.4, 0.5) is 11.4 Å². The summed E-state index contributed by atoms with van der Waals surface area (Å²) in [5.74, 6) is 0. The summed E-state index contributed by atoms with van der Waals surface area (Å²) in [7, 11) is 0. The molecule has 2 heterocycles. The van der Waals surface area contributed by atoms with Gasteiger partial charge in [0.25, 0.3) is 0 Å². The van der Waals surface area contributed by atoms with Crippen LogP contribution in [0.2, 0.25) is 0 Å². The molecular weight excluding hydrogens is 408 g/mol. The first kappa shape index (κ1) is 19.8. The maximum absolute atomic E-state index is 3.62. The van der Waals surface area contributed by atoms with Gasteiger partial charge in [-0.3, -0.25) is 0 Å². The van der Waals surface area contributed by atoms with Gasteiger partial charge in [-0.05, 0) is 53.8 Å². The topological polar surface area (TPSA) is 6.48 Å². The molecule has 0 aromatic heterocycles. The molecule has 0 radical (unpaired) electrons. The summed E-state index contributed by atoms with van der Waals surface area (Å²) < 4.78 is 1.18. The fraction of sp³-hybridized carbons (Fsp3) is 0.520. The van der Waals surface area contributed by atoms with E-state index in [-0.39, 0.29) is 0 Å². The Morgan fingerprint density at radius 3 is 2.07 bits per heavy atom. The first-order valence-electron chi connectivity index (χ1n) is 11.1. The molecule has 3 heteroatoms. The van der Waals surface area contributed by atoms with Crippen LogP contribution in [-0.2, 0) is 19.5 Å². The van der Waals surface area contributed by atoms with Gasteiger partial charge in [0.1, 0.15) is 0 Å². The second-order valence-electron chi connectivity index (χ2n) is 8.50. The van der Waals surface area contributed by atoms with E-state index in [2.05, 4.69) is 69.1 Å². The lowest BCUT2D eigenvalue weighted by molar-refractivity contribution is 0.575. The number of unbranched alkanes of at least 4 members (excludes halogenated alkanes) is 7. The van der Waals surface area contributed by atoms with Crippen LogP contribution < -0.4 is 9.80 Å². The maximum atomic E-state index is 3.62. The van der Waals surface area contributed by atoms with Gasteiger partial charge < -0.3 is 9.80 Å². The first-order valence-corrected chi connectivity index (χ1v) is 11.9. The molecule has 0 N–H and O–H groups in total. The van der Waals surface area contributed by atoms with E-state index in [0.29, 0.717) is 0 Å². The van der Waals surface area contributed by atoms with E-state index in [4.69, 9.17) is 0 Å². The predicted octanol–water partition coefficient (Wildman–Crippen LogP) is 7.43. The van der Waals surface area contributed by atoms with Crippen molar-refractivity contribution in [2.24, 2.45) is 0 Å². The van der Waals surface area contributed by atoms with Crippen LogP contribution in [0.15, 0.2) is 40.9 Å². The molecule has 150 valence electrons. The molecule has 0 unspecified atom stereocenters. The largest absolute Gasteiger partial charge is 0.349 e. The Morgan fingerprint density at radius 1 is 0.750 bits per heavy atom. The number of nitrogens with zero attached hydrogens (tertiary/aromatic N) is 2. The quantitative estimate of drug-likeness (QED) is 0.373. The Labute approximate surface area is 179 Å². The highest BCUT2D eigenvalue weighted by Crippen LogP contribution is 2.39. The summed E-state index contributed by atoms with van der Waals surface area (Å²) in [6.07, 6.45) is 12.4. The normalized spacial score (nSPS) is 14.8. The second kappa shape index (κ2) is 9.35. The van der Waals surface area contributed by atoms with Crippen LogP contribution >= 0.6 is 15.9 Å². The summed E-state index contributed by atoms with van der Waals surface area (Å²) in [4.78, 5) is 5.04. The highest BCUT2D eigenvalue weighted by molar-refractivity contribution is 9.10. The molecule has 0 saturated carbocycles. The minimum absolute atomic E-state index is 1.01. The summed E-state index contributed by atoms with van der Waals surface area (Å²) in [6.45, 7) is 5.35. The van der Waals surface area contributed by atoms with E-state index in [0.717, 1.165) is 19.8 Å². The summed E-state index contributed by atoms with van der Waals surface area (Å²) in [5, 5.41) is 0. The minimum atomic E-state index is 1.01. The molecule has 0 amide bonds. The number of benzene rings is 2. The zero-order valence-electron chi connectivity index (χ0n) is 17.2. The lowest BCUT2D eigenvalue weighted by Crippen LogP contribution is -2.46. The third-order valence-electron chi connectivity index (χ3n) is 6.25. The molecule has 2 aromatic rings. The average molecular weight is 441 g/mol. The Kier molecular flexibility index (Phi) is 6.61. The second-order valence-corrected chi connectivity index (χ2v) is 9.41. The van der Waals surface area contributed by atoms with Crippen molar-refractivity contribution in [2.45, 2.75) is 77.8 Å². The monoisotopic (exact) mass is 440 g/mol. The third-order valence-corrected chi connectivity index (χ3v) is 6.74. The number of rotatable bonds is 9. The van der Waals surface area contributed by atoms with Crippen LogP contribution in [0.3, 0.4) is 0 Å². The molecule has 0 saturated heterocycles. The molecule has 2 aromatic carbocycles. The summed E-state index contributed by atoms with van der Waals surface area (Å²) in [5.41, 5.74) is 7.27. The minimum Gasteiger partial charge on any atom is -0.349 e. The van der Waals surface area contributed by atoms with Crippen molar-refractivity contribution in [2.75, 3.05) is 16.5 Å². The van der Waals surface area contributed by atoms with E-state index in [1.54, 1.807) is 0 Å². The van der Waals surface area contributed by atoms with Gasteiger partial charge >= 0.3 is 0 Å². The van der Waals surface area contributed by atoms with Gasteiger partial charge in [-0.15, -0.1) is 0 Å². The van der Waals surface area contributed by atoms with Crippen molar-refractivity contribution in [1.29, 1.82) is 0 Å². The molecule has 4 rings (SSSR count). The van der Waals surface area contributed by atoms with Crippen molar-refractivity contribution < 1.29 is 0 Å². The van der Waals surface area contributed by atoms with Crippen LogP contribution in [0.1, 0.15) is 75.0 Å². The third kappa shape index (κ3) is 4.56. The molecule has 2 aliphatic rings. The van der Waals surface area contributed by atoms with Crippen LogP contribution in [-0.4, -0.2) is 6.67 Å². The molecule has 0 fully saturated rings. The van der Waals surface area contributed by atoms with Gasteiger partial charge in [0.15, 0.2) is 0 Å². The molecule has 0 atom stereocenters. The van der Waals surface area contributed by atoms with Crippen LogP contribution in [0, 0.1) is 0 Å². The number of hydrogen-bond donors (Lipinski definition) is 0. The van der Waals surface area contributed by atoms with Gasteiger partial charge in [-0.2, -0.15) is 0 Å². The van der Waals surface area contributed by atoms with Gasteiger partial charge in [0.2, 0.25) is 0 Å². The van der Waals surface area contributed by atoms with Crippen molar-refractivity contribution in [3.8, 4) is 0 Å². The smallest absolute Gasteiger partial charge is 0.0910 e. The van der Waals surface area contributed by atoms with Gasteiger partial charge in [-0.1, -0.05) is 79.9 Å². The number of anilines is 2. The zero-order valence-corrected chi connectivity index (χ0v) is 18.8. The molecule has 2 bridgehead atoms. The highest BCUT2D eigenvalue weighted by Gasteiger charge is 2.29. The fourth-order valence-corrected chi connectivity index (χ4v) is 5.13. The molecular formula is C25H33BrN2. The SMILES string of the molecule is CCCCCCCCCCc1ccc2c(c1)CN1CN2Cc2cc(Br)ccc21. The number of aryl methyl sites for hydroxylation is 1. The predicted molar refractivity (Wildman–Crippen MR) is 124 cm³/mol. The number of halogens is 1. The Balaban J connectivity index is 1.32. The van der Waals surface area contributed by atoms with E-state index in [1.165, 1.54) is 90.3 Å². The Bertz CT molecular complexity index is 801. The van der Waals surface area contributed by atoms with Crippen molar-refractivity contribution in [1.82, 2.24) is 0 Å². The molecule has 2 aliphatic heterocycles. The van der Waals surface area contributed by atoms with Crippen LogP contribution in [0.25, 0.3) is 0 Å². The molecule has 0 aliphatic carbocycles. The average Bonchev–Trinajstić information content (AvgIpc) is 2.69. The van der Waals surface area contributed by atoms with Crippen molar-refractivity contribution in [3.63, 3.8) is 0 Å². The highest BCUT2D eigenvalue weighted by atomic mass is 79.9. The molecule has 28 heavy (non-hydrogen) atoms. The van der Waals surface area contributed by atoms with Crippen molar-refractivity contribution in [3.05, 3.63) is 57.6 Å². The lowest BCUT2D eigenvalue weighted by Gasteiger charge is -2.45. The van der Waals surface area contributed by atoms with Gasteiger partial charge in [-0.25, -0.2) is 0 Å². The lowest BCUT2D eigenvalue weighted by atomic mass is 9.98. The Morgan fingerprint density at radius 2 is 1.36 bits per heavy atom. The molecule has 0 spiro atoms. The number of hydrogen-bond acceptors (Lipinski definition) is 2. The summed E-state index contributed by atoms with van der Waals surface area (Å²) >= 11 is 3.62. The van der Waals surface area contributed by atoms with Gasteiger partial charge in [0.05, 0.1) is 6.67 Å². The van der Waals surface area contributed by atoms with E-state index in [9.17, 15) is 0 Å². The van der Waals surface area contributed by atoms with E-state index >= 15 is 0 Å². The Hall–Kier alpha value is -1.48. The van der Waals surface area contributed by atoms with Crippen LogP contribution in [0.5, 0.6) is 0 Å². The standard InChI is InChI=1S/C25H33BrN2/c1-2-3-4-5-6-7-8-9-10-20-11-13-24-21(15-20)17-27-19-28(24)18-22-16-23(26)12-14-25(22)27/h11-16H,2-10,17-19H2,1H3. The zero-order chi connectivity index (χ0) is 19.3. The summed E-state index contributed by atoms with van der Waals surface area (Å²) in [6, 6.07) is 13.9. The maximum Gasteiger partial charge on any atom is 0.0910 e. The molecule has 2 nitrogen and oxygen atoms in total. The van der Waals surface area contributed by atoms with E-state index < -0.39 is 0 Å². The van der Waals surface area contributed by atoms with Crippen molar-refractivity contribution >= 4 is 27.3 Å². The van der Waals surface area contributed by atoms with E-state index in [1.807, 2.05) is 0 Å². The first-order chi connectivity index (χ1) is 13.7. The van der Waals surface area contributed by atoms with Gasteiger partial charge in [0, 0.05) is 28.9 Å².